The smallest absolute Gasteiger partial charge is 0.404 e. The molecule has 1 amide bonds. The van der Waals surface area contributed by atoms with E-state index in [1.165, 1.54) is 0 Å². The van der Waals surface area contributed by atoms with Crippen LogP contribution in [0.1, 0.15) is 0 Å². The Morgan fingerprint density at radius 2 is 2.12 bits per heavy atom. The lowest BCUT2D eigenvalue weighted by Gasteiger charge is -2.45. The van der Waals surface area contributed by atoms with Crippen molar-refractivity contribution >= 4 is 28.4 Å². The van der Waals surface area contributed by atoms with E-state index in [-0.39, 0.29) is 18.5 Å². The summed E-state index contributed by atoms with van der Waals surface area (Å²) in [6, 6.07) is -2.00. The Balaban J connectivity index is 2.04. The first-order valence-electron chi connectivity index (χ1n) is 7.19. The zero-order chi connectivity index (χ0) is 19.5. The number of guanidine groups is 2. The van der Waals surface area contributed by atoms with Crippen LogP contribution in [-0.2, 0) is 19.3 Å². The summed E-state index contributed by atoms with van der Waals surface area (Å²) < 4.78 is 40.1. The Morgan fingerprint density at radius 1 is 1.46 bits per heavy atom. The van der Waals surface area contributed by atoms with E-state index >= 15 is 0 Å². The number of hydrogen-bond acceptors (Lipinski definition) is 12. The molecular formula is C10H18N7O8S+. The topological polar surface area (TPSA) is 250 Å². The van der Waals surface area contributed by atoms with Gasteiger partial charge in [-0.3, -0.25) is 20.2 Å². The molecule has 0 aromatic rings. The van der Waals surface area contributed by atoms with Crippen LogP contribution in [0.15, 0.2) is 4.99 Å². The van der Waals surface area contributed by atoms with E-state index in [1.807, 2.05) is 0 Å². The monoisotopic (exact) mass is 396 g/mol. The van der Waals surface area contributed by atoms with Crippen molar-refractivity contribution in [3.8, 4) is 0 Å². The van der Waals surface area contributed by atoms with Gasteiger partial charge in [0.05, 0.1) is 6.54 Å². The van der Waals surface area contributed by atoms with Crippen LogP contribution in [0.3, 0.4) is 0 Å². The number of carbonyl (C=O) groups is 1. The summed E-state index contributed by atoms with van der Waals surface area (Å²) in [5.41, 5.74) is 14.6. The second-order valence-electron chi connectivity index (χ2n) is 5.96. The van der Waals surface area contributed by atoms with E-state index in [9.17, 15) is 23.4 Å². The average Bonchev–Trinajstić information content (AvgIpc) is 2.93. The second kappa shape index (κ2) is 5.55. The zero-order valence-corrected chi connectivity index (χ0v) is 13.9. The number of aliphatic hydroxyl groups is 2. The molecule has 0 aromatic heterocycles. The van der Waals surface area contributed by atoms with Crippen molar-refractivity contribution in [2.75, 3.05) is 13.2 Å². The van der Waals surface area contributed by atoms with Gasteiger partial charge in [0.2, 0.25) is 0 Å². The van der Waals surface area contributed by atoms with Crippen LogP contribution in [0.25, 0.3) is 0 Å². The number of amides is 1. The van der Waals surface area contributed by atoms with E-state index in [0.717, 1.165) is 4.90 Å². The molecule has 0 radical (unpaired) electrons. The predicted molar refractivity (Wildman–Crippen MR) is 81.1 cm³/mol. The number of rotatable bonds is 4. The van der Waals surface area contributed by atoms with Crippen molar-refractivity contribution in [2.45, 2.75) is 29.6 Å². The lowest BCUT2D eigenvalue weighted by atomic mass is 9.86. The maximum absolute atomic E-state index is 11.1. The van der Waals surface area contributed by atoms with Gasteiger partial charge in [-0.05, 0) is 0 Å². The maximum Gasteiger partial charge on any atom is 0.404 e. The third-order valence-corrected chi connectivity index (χ3v) is 4.94. The Bertz CT molecular complexity index is 797. The summed E-state index contributed by atoms with van der Waals surface area (Å²) >= 11 is 0. The van der Waals surface area contributed by atoms with Crippen molar-refractivity contribution < 1.29 is 41.9 Å². The molecule has 3 aliphatic rings. The average molecular weight is 396 g/mol. The molecule has 4 atom stereocenters. The number of ether oxygens (including phenoxy) is 1. The van der Waals surface area contributed by atoms with Gasteiger partial charge in [-0.2, -0.15) is 8.42 Å². The number of nitrogens with two attached hydrogens (primary N) is 3. The molecule has 0 saturated carbocycles. The molecule has 3 rings (SSSR count). The molecule has 16 heteroatoms. The highest BCUT2D eigenvalue weighted by molar-refractivity contribution is 7.80. The molecule has 1 saturated heterocycles. The largest absolute Gasteiger partial charge is 0.447 e. The number of nitrogens with one attached hydrogen (secondary N) is 2. The van der Waals surface area contributed by atoms with Crippen LogP contribution in [0.2, 0.25) is 0 Å². The minimum Gasteiger partial charge on any atom is -0.447 e. The highest BCUT2D eigenvalue weighted by Gasteiger charge is 2.77. The van der Waals surface area contributed by atoms with Crippen LogP contribution >= 0.6 is 0 Å². The minimum absolute atomic E-state index is 0.103. The molecule has 0 aromatic carbocycles. The Morgan fingerprint density at radius 3 is 2.69 bits per heavy atom. The van der Waals surface area contributed by atoms with Crippen LogP contribution in [-0.4, -0.2) is 88.9 Å². The van der Waals surface area contributed by atoms with Gasteiger partial charge in [-0.15, -0.1) is 0 Å². The van der Waals surface area contributed by atoms with E-state index in [2.05, 4.69) is 19.5 Å². The van der Waals surface area contributed by atoms with E-state index in [4.69, 9.17) is 26.5 Å². The van der Waals surface area contributed by atoms with E-state index in [1.54, 1.807) is 0 Å². The van der Waals surface area contributed by atoms with Gasteiger partial charge in [0.15, 0.2) is 18.1 Å². The van der Waals surface area contributed by atoms with Crippen molar-refractivity contribution in [3.63, 3.8) is 0 Å². The summed E-state index contributed by atoms with van der Waals surface area (Å²) in [5.74, 6) is -3.26. The molecule has 0 unspecified atom stereocenters. The Kier molecular flexibility index (Phi) is 3.92. The normalized spacial score (nSPS) is 35.0. The number of primary amides is 1. The molecule has 1 spiro atoms. The van der Waals surface area contributed by atoms with Gasteiger partial charge in [-0.25, -0.2) is 19.3 Å². The third kappa shape index (κ3) is 2.58. The molecule has 0 bridgehead atoms. The van der Waals surface area contributed by atoms with Crippen LogP contribution in [0, 0.1) is 0 Å². The van der Waals surface area contributed by atoms with Gasteiger partial charge in [0.1, 0.15) is 12.6 Å². The van der Waals surface area contributed by atoms with E-state index < -0.39 is 52.7 Å². The lowest BCUT2D eigenvalue weighted by Crippen LogP contribution is -2.90. The van der Waals surface area contributed by atoms with Crippen LogP contribution < -0.4 is 27.5 Å². The van der Waals surface area contributed by atoms with Gasteiger partial charge in [-0.1, -0.05) is 0 Å². The lowest BCUT2D eigenvalue weighted by molar-refractivity contribution is -0.522. The fourth-order valence-corrected chi connectivity index (χ4v) is 4.03. The van der Waals surface area contributed by atoms with Gasteiger partial charge in [0, 0.05) is 0 Å². The van der Waals surface area contributed by atoms with Crippen LogP contribution in [0.4, 0.5) is 4.79 Å². The molecule has 146 valence electrons. The van der Waals surface area contributed by atoms with Crippen molar-refractivity contribution in [1.29, 1.82) is 0 Å². The first kappa shape index (κ1) is 18.4. The highest BCUT2D eigenvalue weighted by Crippen LogP contribution is 2.42. The van der Waals surface area contributed by atoms with Gasteiger partial charge in [0.25, 0.3) is 11.4 Å². The quantitative estimate of drug-likeness (QED) is 0.163. The first-order chi connectivity index (χ1) is 11.9. The number of aliphatic imine (C=N–C) groups is 1. The molecule has 1 fully saturated rings. The minimum atomic E-state index is -5.02. The fourth-order valence-electron chi connectivity index (χ4n) is 3.54. The molecular weight excluding hydrogens is 378 g/mol. The van der Waals surface area contributed by atoms with E-state index in [0.29, 0.717) is 0 Å². The molecule has 3 aliphatic heterocycles. The standard InChI is InChI=1S/C10H17N7O8S/c11-6-15-5-3(2-24-8(13)18)14-7(12)17-1-4(25-26(21,22)23)10(19,20)9(5,17)16-6/h3-5,19-20H,1-2H2,(H2,12,14)(H2,13,18)(H3,11,15,16)(H,21,22,23)/p+1/t3-,4+,5-,9-/m0/s1. The Labute approximate surface area is 146 Å². The Hall–Kier alpha value is -2.40. The first-order valence-corrected chi connectivity index (χ1v) is 8.55. The third-order valence-electron chi connectivity index (χ3n) is 4.46. The summed E-state index contributed by atoms with van der Waals surface area (Å²) in [6.07, 6.45) is -2.93. The van der Waals surface area contributed by atoms with Gasteiger partial charge >= 0.3 is 22.5 Å². The van der Waals surface area contributed by atoms with Crippen LogP contribution in [0.5, 0.6) is 0 Å². The highest BCUT2D eigenvalue weighted by atomic mass is 32.3. The van der Waals surface area contributed by atoms with Crippen molar-refractivity contribution in [1.82, 2.24) is 10.2 Å². The molecule has 26 heavy (non-hydrogen) atoms. The fraction of sp³-hybridized carbons (Fsp3) is 0.700. The maximum atomic E-state index is 11.1. The van der Waals surface area contributed by atoms with Crippen molar-refractivity contribution in [3.05, 3.63) is 0 Å². The molecule has 3 heterocycles. The summed E-state index contributed by atoms with van der Waals surface area (Å²) in [5, 5.41) is 24.0. The zero-order valence-electron chi connectivity index (χ0n) is 13.1. The summed E-state index contributed by atoms with van der Waals surface area (Å²) in [6.45, 7) is -0.845. The number of nitrogens with zero attached hydrogens (tertiary/aromatic N) is 2. The second-order valence-corrected chi connectivity index (χ2v) is 7.01. The summed E-state index contributed by atoms with van der Waals surface area (Å²) in [7, 11) is -5.02. The molecule has 0 aliphatic carbocycles. The SMILES string of the molecule is NC(=O)OC[C@@H]1N=C(N)N2C[C@@H](OS(=O)(=O)O)C(O)(O)[C@@]23NC(N)=[NH+][C@@H]13. The molecule has 11 N–H and O–H groups in total. The summed E-state index contributed by atoms with van der Waals surface area (Å²) in [4.78, 5) is 18.8. The van der Waals surface area contributed by atoms with Crippen molar-refractivity contribution in [2.24, 2.45) is 22.2 Å². The predicted octanol–water partition coefficient (Wildman–Crippen LogP) is -6.97. The number of carbonyl (C=O) groups excluding carboxylic acids is 1. The van der Waals surface area contributed by atoms with Gasteiger partial charge < -0.3 is 26.4 Å². The molecule has 15 nitrogen and oxygen atoms in total. The number of hydrogen-bond donors (Lipinski definition) is 8.